The highest BCUT2D eigenvalue weighted by Gasteiger charge is 2.35. The van der Waals surface area contributed by atoms with Crippen molar-refractivity contribution in [3.05, 3.63) is 64.8 Å². The third kappa shape index (κ3) is 5.35. The smallest absolute Gasteiger partial charge is 0.410 e. The van der Waals surface area contributed by atoms with Crippen molar-refractivity contribution in [3.63, 3.8) is 0 Å². The second-order valence-electron chi connectivity index (χ2n) is 9.26. The molecule has 7 nitrogen and oxygen atoms in total. The van der Waals surface area contributed by atoms with Crippen molar-refractivity contribution in [3.8, 4) is 0 Å². The molecular formula is C25H26BrFN4O3. The SMILES string of the molecule is CC(C)(C)OC(=O)N1CCC[C@@H](N(C(=O)c2ccc(Br)cn2)c2nccc3cc(F)ccc23)C1. The van der Waals surface area contributed by atoms with Gasteiger partial charge in [0.1, 0.15) is 22.9 Å². The molecule has 1 fully saturated rings. The highest BCUT2D eigenvalue weighted by atomic mass is 79.9. The van der Waals surface area contributed by atoms with E-state index in [1.807, 2.05) is 20.8 Å². The minimum absolute atomic E-state index is 0.249. The third-order valence-corrected chi connectivity index (χ3v) is 5.98. The highest BCUT2D eigenvalue weighted by molar-refractivity contribution is 9.10. The van der Waals surface area contributed by atoms with E-state index in [-0.39, 0.29) is 30.0 Å². The van der Waals surface area contributed by atoms with Crippen LogP contribution < -0.4 is 4.90 Å². The van der Waals surface area contributed by atoms with Gasteiger partial charge in [-0.25, -0.2) is 19.2 Å². The number of rotatable bonds is 3. The maximum absolute atomic E-state index is 13.9. The lowest BCUT2D eigenvalue weighted by molar-refractivity contribution is 0.0196. The fourth-order valence-electron chi connectivity index (χ4n) is 4.04. The van der Waals surface area contributed by atoms with Gasteiger partial charge >= 0.3 is 6.09 Å². The molecule has 1 saturated heterocycles. The van der Waals surface area contributed by atoms with Gasteiger partial charge in [-0.1, -0.05) is 0 Å². The number of anilines is 1. The molecule has 9 heteroatoms. The molecule has 4 rings (SSSR count). The van der Waals surface area contributed by atoms with Crippen molar-refractivity contribution in [2.24, 2.45) is 0 Å². The van der Waals surface area contributed by atoms with Crippen LogP contribution in [0, 0.1) is 5.82 Å². The van der Waals surface area contributed by atoms with E-state index in [2.05, 4.69) is 25.9 Å². The highest BCUT2D eigenvalue weighted by Crippen LogP contribution is 2.31. The number of piperidine rings is 1. The number of hydrogen-bond donors (Lipinski definition) is 0. The second-order valence-corrected chi connectivity index (χ2v) is 10.2. The number of likely N-dealkylation sites (tertiary alicyclic amines) is 1. The summed E-state index contributed by atoms with van der Waals surface area (Å²) in [4.78, 5) is 38.6. The van der Waals surface area contributed by atoms with E-state index in [9.17, 15) is 14.0 Å². The van der Waals surface area contributed by atoms with Gasteiger partial charge in [-0.05, 0) is 91.3 Å². The van der Waals surface area contributed by atoms with Crippen LogP contribution in [0.4, 0.5) is 15.0 Å². The summed E-state index contributed by atoms with van der Waals surface area (Å²) in [5.74, 6) is -0.304. The van der Waals surface area contributed by atoms with Crippen LogP contribution in [0.5, 0.6) is 0 Å². The molecule has 0 unspecified atom stereocenters. The number of carbonyl (C=O) groups excluding carboxylic acids is 2. The van der Waals surface area contributed by atoms with E-state index in [0.717, 1.165) is 4.47 Å². The molecule has 3 heterocycles. The quantitative estimate of drug-likeness (QED) is 0.443. The fraction of sp³-hybridized carbons (Fsp3) is 0.360. The summed E-state index contributed by atoms with van der Waals surface area (Å²) < 4.78 is 20.2. The van der Waals surface area contributed by atoms with E-state index < -0.39 is 11.7 Å². The molecule has 0 aliphatic carbocycles. The van der Waals surface area contributed by atoms with Crippen LogP contribution >= 0.6 is 15.9 Å². The number of pyridine rings is 2. The molecular weight excluding hydrogens is 503 g/mol. The topological polar surface area (TPSA) is 75.6 Å². The molecule has 2 amide bonds. The first-order valence-corrected chi connectivity index (χ1v) is 11.9. The maximum atomic E-state index is 13.9. The Balaban J connectivity index is 1.75. The first kappa shape index (κ1) is 24.1. The van der Waals surface area contributed by atoms with Crippen molar-refractivity contribution in [1.29, 1.82) is 0 Å². The summed E-state index contributed by atoms with van der Waals surface area (Å²) >= 11 is 3.35. The zero-order chi connectivity index (χ0) is 24.5. The lowest BCUT2D eigenvalue weighted by Crippen LogP contribution is -2.53. The Labute approximate surface area is 206 Å². The Morgan fingerprint density at radius 1 is 1.18 bits per heavy atom. The summed E-state index contributed by atoms with van der Waals surface area (Å²) in [6.45, 7) is 6.29. The lowest BCUT2D eigenvalue weighted by atomic mass is 10.0. The van der Waals surface area contributed by atoms with Crippen molar-refractivity contribution < 1.29 is 18.7 Å². The minimum Gasteiger partial charge on any atom is -0.444 e. The Morgan fingerprint density at radius 2 is 1.97 bits per heavy atom. The molecule has 1 aliphatic rings. The van der Waals surface area contributed by atoms with Crippen LogP contribution in [-0.4, -0.2) is 51.6 Å². The van der Waals surface area contributed by atoms with Gasteiger partial charge in [0.2, 0.25) is 0 Å². The van der Waals surface area contributed by atoms with Crippen LogP contribution in [0.2, 0.25) is 0 Å². The van der Waals surface area contributed by atoms with Gasteiger partial charge in [-0.3, -0.25) is 9.69 Å². The number of ether oxygens (including phenoxy) is 1. The van der Waals surface area contributed by atoms with E-state index >= 15 is 0 Å². The Bertz CT molecular complexity index is 1210. The van der Waals surface area contributed by atoms with Gasteiger partial charge in [0, 0.05) is 35.3 Å². The molecule has 1 atom stereocenters. The number of aromatic nitrogens is 2. The van der Waals surface area contributed by atoms with E-state index in [0.29, 0.717) is 36.0 Å². The van der Waals surface area contributed by atoms with Gasteiger partial charge in [-0.2, -0.15) is 0 Å². The van der Waals surface area contributed by atoms with Gasteiger partial charge in [0.05, 0.1) is 6.04 Å². The third-order valence-electron chi connectivity index (χ3n) is 5.51. The molecule has 0 saturated carbocycles. The van der Waals surface area contributed by atoms with Crippen LogP contribution in [0.15, 0.2) is 53.3 Å². The van der Waals surface area contributed by atoms with Crippen molar-refractivity contribution in [2.45, 2.75) is 45.3 Å². The molecule has 0 N–H and O–H groups in total. The standard InChI is InChI=1S/C25H26BrFN4O3/c1-25(2,3)34-24(33)30-12-4-5-19(15-30)31(23(32)21-9-6-17(26)14-29-21)22-20-8-7-18(27)13-16(20)10-11-28-22/h6-11,13-14,19H,4-5,12,15H2,1-3H3/t19-/m1/s1. The average Bonchev–Trinajstić information content (AvgIpc) is 2.78. The Morgan fingerprint density at radius 3 is 2.68 bits per heavy atom. The van der Waals surface area contributed by atoms with Crippen LogP contribution in [0.25, 0.3) is 10.8 Å². The first-order chi connectivity index (χ1) is 16.1. The molecule has 1 aliphatic heterocycles. The predicted molar refractivity (Wildman–Crippen MR) is 131 cm³/mol. The zero-order valence-electron chi connectivity index (χ0n) is 19.3. The average molecular weight is 529 g/mol. The number of halogens is 2. The first-order valence-electron chi connectivity index (χ1n) is 11.1. The Hall–Kier alpha value is -3.07. The zero-order valence-corrected chi connectivity index (χ0v) is 20.9. The van der Waals surface area contributed by atoms with Crippen LogP contribution in [0.1, 0.15) is 44.1 Å². The number of hydrogen-bond acceptors (Lipinski definition) is 5. The van der Waals surface area contributed by atoms with Gasteiger partial charge in [0.15, 0.2) is 0 Å². The number of carbonyl (C=O) groups is 2. The maximum Gasteiger partial charge on any atom is 0.410 e. The summed E-state index contributed by atoms with van der Waals surface area (Å²) in [6, 6.07) is 9.11. The van der Waals surface area contributed by atoms with Gasteiger partial charge in [0.25, 0.3) is 5.91 Å². The van der Waals surface area contributed by atoms with Gasteiger partial charge < -0.3 is 9.64 Å². The van der Waals surface area contributed by atoms with Gasteiger partial charge in [-0.15, -0.1) is 0 Å². The van der Waals surface area contributed by atoms with Crippen molar-refractivity contribution >= 4 is 44.5 Å². The molecule has 0 spiro atoms. The Kier molecular flexibility index (Phi) is 6.84. The predicted octanol–water partition coefficient (Wildman–Crippen LogP) is 5.58. The molecule has 2 aromatic heterocycles. The lowest BCUT2D eigenvalue weighted by Gasteiger charge is -2.39. The van der Waals surface area contributed by atoms with Crippen LogP contribution in [0.3, 0.4) is 0 Å². The summed E-state index contributed by atoms with van der Waals surface area (Å²) in [5, 5.41) is 1.27. The molecule has 1 aromatic carbocycles. The van der Waals surface area contributed by atoms with E-state index in [4.69, 9.17) is 4.74 Å². The van der Waals surface area contributed by atoms with E-state index in [1.54, 1.807) is 46.5 Å². The fourth-order valence-corrected chi connectivity index (χ4v) is 4.28. The summed E-state index contributed by atoms with van der Waals surface area (Å²) in [5.41, 5.74) is -0.374. The minimum atomic E-state index is -0.623. The normalized spacial score (nSPS) is 16.4. The number of amides is 2. The van der Waals surface area contributed by atoms with E-state index in [1.165, 1.54) is 12.1 Å². The molecule has 178 valence electrons. The summed E-state index contributed by atoms with van der Waals surface area (Å²) in [7, 11) is 0. The number of benzene rings is 1. The van der Waals surface area contributed by atoms with Crippen molar-refractivity contribution in [1.82, 2.24) is 14.9 Å². The molecule has 34 heavy (non-hydrogen) atoms. The number of fused-ring (bicyclic) bond motifs is 1. The number of nitrogens with zero attached hydrogens (tertiary/aromatic N) is 4. The summed E-state index contributed by atoms with van der Waals surface area (Å²) in [6.07, 6.45) is 4.06. The second kappa shape index (κ2) is 9.66. The largest absolute Gasteiger partial charge is 0.444 e. The monoisotopic (exact) mass is 528 g/mol. The van der Waals surface area contributed by atoms with Crippen LogP contribution in [-0.2, 0) is 4.74 Å². The molecule has 0 bridgehead atoms. The molecule has 3 aromatic rings. The van der Waals surface area contributed by atoms with Crippen molar-refractivity contribution in [2.75, 3.05) is 18.0 Å². The molecule has 0 radical (unpaired) electrons.